The highest BCUT2D eigenvalue weighted by molar-refractivity contribution is 5.44. The van der Waals surface area contributed by atoms with E-state index >= 15 is 0 Å². The molecule has 0 fully saturated rings. The molecule has 0 radical (unpaired) electrons. The van der Waals surface area contributed by atoms with E-state index in [1.807, 2.05) is 24.8 Å². The number of aryl methyl sites for hydroxylation is 1. The molecule has 0 spiro atoms. The Bertz CT molecular complexity index is 373. The van der Waals surface area contributed by atoms with Crippen molar-refractivity contribution in [2.75, 3.05) is 30.4 Å². The van der Waals surface area contributed by atoms with Gasteiger partial charge in [-0.15, -0.1) is 0 Å². The zero-order valence-electron chi connectivity index (χ0n) is 11.3. The summed E-state index contributed by atoms with van der Waals surface area (Å²) in [5, 5.41) is 12.8. The maximum absolute atomic E-state index is 9.88. The van der Waals surface area contributed by atoms with Gasteiger partial charge in [0.1, 0.15) is 5.82 Å². The van der Waals surface area contributed by atoms with E-state index in [-0.39, 0.29) is 0 Å². The number of aliphatic hydroxyl groups is 1. The number of nitrogens with one attached hydrogen (secondary N) is 1. The normalized spacial score (nSPS) is 11.4. The maximum atomic E-state index is 9.88. The molecule has 0 aromatic carbocycles. The van der Waals surface area contributed by atoms with E-state index in [2.05, 4.69) is 15.3 Å². The SMILES string of the molecule is CCN(CC(C)(C)O)c1cc(C)nc(NC)n1. The zero-order valence-corrected chi connectivity index (χ0v) is 11.3. The second kappa shape index (κ2) is 5.31. The fourth-order valence-electron chi connectivity index (χ4n) is 1.65. The van der Waals surface area contributed by atoms with Crippen molar-refractivity contribution in [2.45, 2.75) is 33.3 Å². The van der Waals surface area contributed by atoms with Crippen LogP contribution in [0.3, 0.4) is 0 Å². The van der Waals surface area contributed by atoms with Crippen molar-refractivity contribution in [3.63, 3.8) is 0 Å². The molecule has 1 aromatic rings. The largest absolute Gasteiger partial charge is 0.389 e. The zero-order chi connectivity index (χ0) is 13.1. The molecule has 0 bridgehead atoms. The van der Waals surface area contributed by atoms with Gasteiger partial charge >= 0.3 is 0 Å². The second-order valence-electron chi connectivity index (χ2n) is 4.77. The molecule has 17 heavy (non-hydrogen) atoms. The summed E-state index contributed by atoms with van der Waals surface area (Å²) in [6.45, 7) is 8.91. The van der Waals surface area contributed by atoms with Crippen LogP contribution in [-0.4, -0.2) is 40.8 Å². The van der Waals surface area contributed by atoms with Crippen LogP contribution >= 0.6 is 0 Å². The molecule has 1 heterocycles. The molecule has 0 amide bonds. The first kappa shape index (κ1) is 13.7. The number of aromatic nitrogens is 2. The Kier molecular flexibility index (Phi) is 4.28. The van der Waals surface area contributed by atoms with Crippen LogP contribution in [0.1, 0.15) is 26.5 Å². The van der Waals surface area contributed by atoms with E-state index in [1.165, 1.54) is 0 Å². The average molecular weight is 238 g/mol. The lowest BCUT2D eigenvalue weighted by atomic mass is 10.1. The van der Waals surface area contributed by atoms with Gasteiger partial charge in [-0.1, -0.05) is 0 Å². The Labute approximate surface area is 103 Å². The van der Waals surface area contributed by atoms with Crippen LogP contribution < -0.4 is 10.2 Å². The van der Waals surface area contributed by atoms with Gasteiger partial charge in [0.25, 0.3) is 0 Å². The highest BCUT2D eigenvalue weighted by Crippen LogP contribution is 2.17. The van der Waals surface area contributed by atoms with Crippen molar-refractivity contribution < 1.29 is 5.11 Å². The van der Waals surface area contributed by atoms with Crippen LogP contribution in [-0.2, 0) is 0 Å². The number of hydrogen-bond donors (Lipinski definition) is 2. The molecule has 0 atom stereocenters. The first-order valence-corrected chi connectivity index (χ1v) is 5.86. The van der Waals surface area contributed by atoms with Gasteiger partial charge in [0, 0.05) is 31.9 Å². The van der Waals surface area contributed by atoms with Gasteiger partial charge < -0.3 is 15.3 Å². The Morgan fingerprint density at radius 3 is 2.53 bits per heavy atom. The first-order valence-electron chi connectivity index (χ1n) is 5.86. The fourth-order valence-corrected chi connectivity index (χ4v) is 1.65. The number of hydrogen-bond acceptors (Lipinski definition) is 5. The van der Waals surface area contributed by atoms with Gasteiger partial charge in [0.15, 0.2) is 0 Å². The van der Waals surface area contributed by atoms with Crippen molar-refractivity contribution >= 4 is 11.8 Å². The Morgan fingerprint density at radius 2 is 2.06 bits per heavy atom. The Balaban J connectivity index is 2.99. The quantitative estimate of drug-likeness (QED) is 0.812. The number of likely N-dealkylation sites (N-methyl/N-ethyl adjacent to an activating group) is 1. The van der Waals surface area contributed by atoms with Gasteiger partial charge in [0.05, 0.1) is 5.60 Å². The third-order valence-electron chi connectivity index (χ3n) is 2.35. The minimum atomic E-state index is -0.741. The highest BCUT2D eigenvalue weighted by atomic mass is 16.3. The van der Waals surface area contributed by atoms with Gasteiger partial charge in [-0.25, -0.2) is 4.98 Å². The summed E-state index contributed by atoms with van der Waals surface area (Å²) in [6, 6.07) is 1.93. The molecule has 0 saturated heterocycles. The van der Waals surface area contributed by atoms with E-state index in [0.29, 0.717) is 12.5 Å². The Hall–Kier alpha value is -1.36. The lowest BCUT2D eigenvalue weighted by Crippen LogP contribution is -2.39. The van der Waals surface area contributed by atoms with Crippen LogP contribution in [0.2, 0.25) is 0 Å². The van der Waals surface area contributed by atoms with E-state index in [4.69, 9.17) is 0 Å². The molecule has 0 aliphatic heterocycles. The molecule has 0 unspecified atom stereocenters. The second-order valence-corrected chi connectivity index (χ2v) is 4.77. The molecular weight excluding hydrogens is 216 g/mol. The van der Waals surface area contributed by atoms with Crippen LogP contribution in [0.4, 0.5) is 11.8 Å². The predicted molar refractivity (Wildman–Crippen MR) is 70.5 cm³/mol. The van der Waals surface area contributed by atoms with Crippen LogP contribution in [0.25, 0.3) is 0 Å². The molecule has 2 N–H and O–H groups in total. The smallest absolute Gasteiger partial charge is 0.224 e. The molecule has 1 rings (SSSR count). The highest BCUT2D eigenvalue weighted by Gasteiger charge is 2.19. The molecular formula is C12H22N4O. The monoisotopic (exact) mass is 238 g/mol. The van der Waals surface area contributed by atoms with Gasteiger partial charge in [-0.05, 0) is 27.7 Å². The molecule has 5 heteroatoms. The summed E-state index contributed by atoms with van der Waals surface area (Å²) in [5.74, 6) is 1.45. The lowest BCUT2D eigenvalue weighted by Gasteiger charge is -2.29. The molecule has 1 aromatic heterocycles. The van der Waals surface area contributed by atoms with Crippen molar-refractivity contribution in [2.24, 2.45) is 0 Å². The predicted octanol–water partition coefficient (Wildman–Crippen LogP) is 1.42. The van der Waals surface area contributed by atoms with Gasteiger partial charge in [-0.3, -0.25) is 0 Å². The number of rotatable bonds is 5. The van der Waals surface area contributed by atoms with Gasteiger partial charge in [0.2, 0.25) is 5.95 Å². The summed E-state index contributed by atoms with van der Waals surface area (Å²) in [5.41, 5.74) is 0.169. The van der Waals surface area contributed by atoms with E-state index < -0.39 is 5.60 Å². The first-order chi connectivity index (χ1) is 7.85. The van der Waals surface area contributed by atoms with Crippen molar-refractivity contribution in [1.82, 2.24) is 9.97 Å². The van der Waals surface area contributed by atoms with E-state index in [0.717, 1.165) is 18.1 Å². The number of nitrogens with zero attached hydrogens (tertiary/aromatic N) is 3. The Morgan fingerprint density at radius 1 is 1.41 bits per heavy atom. The van der Waals surface area contributed by atoms with Crippen LogP contribution in [0, 0.1) is 6.92 Å². The summed E-state index contributed by atoms with van der Waals surface area (Å²) < 4.78 is 0. The molecule has 0 aliphatic carbocycles. The van der Waals surface area contributed by atoms with E-state index in [9.17, 15) is 5.11 Å². The fraction of sp³-hybridized carbons (Fsp3) is 0.667. The van der Waals surface area contributed by atoms with Crippen LogP contribution in [0.15, 0.2) is 6.07 Å². The minimum Gasteiger partial charge on any atom is -0.389 e. The average Bonchev–Trinajstić information content (AvgIpc) is 2.23. The summed E-state index contributed by atoms with van der Waals surface area (Å²) >= 11 is 0. The van der Waals surface area contributed by atoms with Crippen molar-refractivity contribution in [3.05, 3.63) is 11.8 Å². The molecule has 0 saturated carbocycles. The topological polar surface area (TPSA) is 61.3 Å². The van der Waals surface area contributed by atoms with Crippen molar-refractivity contribution in [3.8, 4) is 0 Å². The van der Waals surface area contributed by atoms with Crippen LogP contribution in [0.5, 0.6) is 0 Å². The minimum absolute atomic E-state index is 0.545. The molecule has 96 valence electrons. The standard InChI is InChI=1S/C12H22N4O/c1-6-16(8-12(3,4)17)10-7-9(2)14-11(13-5)15-10/h7,17H,6,8H2,1-5H3,(H,13,14,15). The molecule has 5 nitrogen and oxygen atoms in total. The summed E-state index contributed by atoms with van der Waals surface area (Å²) in [6.07, 6.45) is 0. The summed E-state index contributed by atoms with van der Waals surface area (Å²) in [7, 11) is 1.80. The lowest BCUT2D eigenvalue weighted by molar-refractivity contribution is 0.0874. The number of anilines is 2. The van der Waals surface area contributed by atoms with Crippen molar-refractivity contribution in [1.29, 1.82) is 0 Å². The third-order valence-corrected chi connectivity index (χ3v) is 2.35. The van der Waals surface area contributed by atoms with E-state index in [1.54, 1.807) is 20.9 Å². The maximum Gasteiger partial charge on any atom is 0.224 e. The van der Waals surface area contributed by atoms with Gasteiger partial charge in [-0.2, -0.15) is 4.98 Å². The third kappa shape index (κ3) is 4.19. The molecule has 0 aliphatic rings. The summed E-state index contributed by atoms with van der Waals surface area (Å²) in [4.78, 5) is 10.7.